The number of carboxylic acid groups (broad SMARTS) is 1. The van der Waals surface area contributed by atoms with Crippen LogP contribution < -0.4 is 0 Å². The van der Waals surface area contributed by atoms with Gasteiger partial charge in [-0.3, -0.25) is 9.59 Å². The summed E-state index contributed by atoms with van der Waals surface area (Å²) < 4.78 is 0. The van der Waals surface area contributed by atoms with Crippen LogP contribution in [-0.4, -0.2) is 60.0 Å². The van der Waals surface area contributed by atoms with Crippen LogP contribution in [-0.2, 0) is 17.6 Å². The molecule has 1 aromatic rings. The van der Waals surface area contributed by atoms with Crippen LogP contribution in [0.1, 0.15) is 39.4 Å². The van der Waals surface area contributed by atoms with Gasteiger partial charge in [0.05, 0.1) is 4.88 Å². The highest BCUT2D eigenvalue weighted by atomic mass is 32.1. The lowest BCUT2D eigenvalue weighted by Gasteiger charge is -2.23. The molecule has 4 rings (SSSR count). The van der Waals surface area contributed by atoms with Crippen molar-refractivity contribution < 1.29 is 14.7 Å². The normalized spacial score (nSPS) is 30.0. The standard InChI is InChI=1S/C18H24N2O3S/c1-19-8-13-9-20(11-18(13,10-19)17(22)23)16(21)15-7-12-5-3-2-4-6-14(12)24-15/h7,13H,2-6,8-11H2,1H3,(H,22,23)/t13-,18-/m1/s1. The van der Waals surface area contributed by atoms with Gasteiger partial charge in [0.25, 0.3) is 5.91 Å². The van der Waals surface area contributed by atoms with Gasteiger partial charge in [0.15, 0.2) is 0 Å². The fraction of sp³-hybridized carbons (Fsp3) is 0.667. The molecule has 3 aliphatic rings. The van der Waals surface area contributed by atoms with Gasteiger partial charge in [0, 0.05) is 37.0 Å². The third-order valence-corrected chi connectivity index (χ3v) is 7.17. The predicted molar refractivity (Wildman–Crippen MR) is 92.5 cm³/mol. The topological polar surface area (TPSA) is 60.9 Å². The Balaban J connectivity index is 1.55. The van der Waals surface area contributed by atoms with Crippen LogP contribution in [0.3, 0.4) is 0 Å². The quantitative estimate of drug-likeness (QED) is 0.832. The highest BCUT2D eigenvalue weighted by Crippen LogP contribution is 2.43. The van der Waals surface area contributed by atoms with Gasteiger partial charge in [-0.05, 0) is 44.4 Å². The summed E-state index contributed by atoms with van der Waals surface area (Å²) in [5, 5.41) is 9.76. The van der Waals surface area contributed by atoms with Crippen molar-refractivity contribution in [2.24, 2.45) is 11.3 Å². The van der Waals surface area contributed by atoms with E-state index in [9.17, 15) is 14.7 Å². The Morgan fingerprint density at radius 1 is 1.21 bits per heavy atom. The number of aryl methyl sites for hydroxylation is 2. The minimum atomic E-state index is -0.779. The van der Waals surface area contributed by atoms with Gasteiger partial charge in [-0.25, -0.2) is 0 Å². The summed E-state index contributed by atoms with van der Waals surface area (Å²) in [6, 6.07) is 2.07. The number of rotatable bonds is 2. The second-order valence-corrected chi connectivity index (χ2v) is 8.80. The number of hydrogen-bond donors (Lipinski definition) is 1. The van der Waals surface area contributed by atoms with E-state index in [1.165, 1.54) is 29.7 Å². The molecule has 6 heteroatoms. The minimum Gasteiger partial charge on any atom is -0.481 e. The number of thiophene rings is 1. The number of carbonyl (C=O) groups is 2. The van der Waals surface area contributed by atoms with E-state index in [1.54, 1.807) is 16.2 Å². The molecule has 24 heavy (non-hydrogen) atoms. The number of carboxylic acids is 1. The van der Waals surface area contributed by atoms with Crippen molar-refractivity contribution in [2.75, 3.05) is 33.2 Å². The lowest BCUT2D eigenvalue weighted by Crippen LogP contribution is -2.41. The SMILES string of the molecule is CN1C[C@@H]2CN(C(=O)c3cc4c(s3)CCCCC4)C[C@]2(C(=O)O)C1. The first-order valence-electron chi connectivity index (χ1n) is 8.82. The molecule has 0 bridgehead atoms. The zero-order valence-corrected chi connectivity index (χ0v) is 14.9. The summed E-state index contributed by atoms with van der Waals surface area (Å²) in [5.41, 5.74) is 0.562. The van der Waals surface area contributed by atoms with E-state index in [4.69, 9.17) is 0 Å². The van der Waals surface area contributed by atoms with Crippen molar-refractivity contribution in [3.63, 3.8) is 0 Å². The average Bonchev–Trinajstić information content (AvgIpc) is 3.13. The van der Waals surface area contributed by atoms with E-state index >= 15 is 0 Å². The largest absolute Gasteiger partial charge is 0.481 e. The Kier molecular flexibility index (Phi) is 3.92. The molecule has 130 valence electrons. The molecule has 1 aliphatic carbocycles. The summed E-state index contributed by atoms with van der Waals surface area (Å²) in [6.07, 6.45) is 5.84. The smallest absolute Gasteiger partial charge is 0.313 e. The molecule has 2 atom stereocenters. The fourth-order valence-electron chi connectivity index (χ4n) is 4.70. The zero-order chi connectivity index (χ0) is 16.9. The molecule has 1 N–H and O–H groups in total. The highest BCUT2D eigenvalue weighted by Gasteiger charge is 2.57. The van der Waals surface area contributed by atoms with Gasteiger partial charge in [-0.2, -0.15) is 0 Å². The van der Waals surface area contributed by atoms with Gasteiger partial charge in [-0.1, -0.05) is 6.42 Å². The van der Waals surface area contributed by atoms with Crippen LogP contribution in [0.4, 0.5) is 0 Å². The van der Waals surface area contributed by atoms with Crippen LogP contribution in [0.15, 0.2) is 6.07 Å². The molecule has 3 heterocycles. The van der Waals surface area contributed by atoms with Gasteiger partial charge < -0.3 is 14.9 Å². The monoisotopic (exact) mass is 348 g/mol. The summed E-state index contributed by atoms with van der Waals surface area (Å²) in [5.74, 6) is -0.679. The molecule has 2 saturated heterocycles. The maximum absolute atomic E-state index is 13.0. The second kappa shape index (κ2) is 5.85. The fourth-order valence-corrected chi connectivity index (χ4v) is 5.92. The second-order valence-electron chi connectivity index (χ2n) is 7.66. The van der Waals surface area contributed by atoms with Gasteiger partial charge in [0.2, 0.25) is 0 Å². The molecular formula is C18H24N2O3S. The van der Waals surface area contributed by atoms with Gasteiger partial charge in [0.1, 0.15) is 5.41 Å². The van der Waals surface area contributed by atoms with E-state index in [0.29, 0.717) is 19.6 Å². The van der Waals surface area contributed by atoms with Crippen molar-refractivity contribution >= 4 is 23.2 Å². The molecule has 5 nitrogen and oxygen atoms in total. The Hall–Kier alpha value is -1.40. The number of amides is 1. The predicted octanol–water partition coefficient (Wildman–Crippen LogP) is 2.11. The molecule has 0 spiro atoms. The van der Waals surface area contributed by atoms with E-state index < -0.39 is 11.4 Å². The molecule has 1 aromatic heterocycles. The van der Waals surface area contributed by atoms with Crippen LogP contribution in [0.2, 0.25) is 0 Å². The number of likely N-dealkylation sites (tertiary alicyclic amines) is 2. The summed E-state index contributed by atoms with van der Waals surface area (Å²) in [7, 11) is 1.96. The first-order chi connectivity index (χ1) is 11.5. The Morgan fingerprint density at radius 2 is 2.00 bits per heavy atom. The van der Waals surface area contributed by atoms with Crippen molar-refractivity contribution in [3.8, 4) is 0 Å². The van der Waals surface area contributed by atoms with Crippen molar-refractivity contribution in [3.05, 3.63) is 21.4 Å². The summed E-state index contributed by atoms with van der Waals surface area (Å²) in [4.78, 5) is 30.9. The first kappa shape index (κ1) is 16.1. The zero-order valence-electron chi connectivity index (χ0n) is 14.1. The first-order valence-corrected chi connectivity index (χ1v) is 9.64. The highest BCUT2D eigenvalue weighted by molar-refractivity contribution is 7.14. The molecule has 0 unspecified atom stereocenters. The number of hydrogen-bond acceptors (Lipinski definition) is 4. The molecular weight excluding hydrogens is 324 g/mol. The molecule has 0 radical (unpaired) electrons. The lowest BCUT2D eigenvalue weighted by molar-refractivity contribution is -0.148. The lowest BCUT2D eigenvalue weighted by atomic mass is 9.81. The molecule has 2 aliphatic heterocycles. The van der Waals surface area contributed by atoms with E-state index in [0.717, 1.165) is 24.3 Å². The molecule has 0 saturated carbocycles. The molecule has 0 aromatic carbocycles. The van der Waals surface area contributed by atoms with Gasteiger partial charge in [-0.15, -0.1) is 11.3 Å². The maximum Gasteiger partial charge on any atom is 0.313 e. The Morgan fingerprint density at radius 3 is 2.75 bits per heavy atom. The molecule has 2 fully saturated rings. The maximum atomic E-state index is 13.0. The van der Waals surface area contributed by atoms with Gasteiger partial charge >= 0.3 is 5.97 Å². The third kappa shape index (κ3) is 2.47. The van der Waals surface area contributed by atoms with Crippen molar-refractivity contribution in [2.45, 2.75) is 32.1 Å². The Labute approximate surface area is 146 Å². The van der Waals surface area contributed by atoms with Crippen LogP contribution in [0.5, 0.6) is 0 Å². The van der Waals surface area contributed by atoms with Crippen molar-refractivity contribution in [1.82, 2.24) is 9.80 Å². The van der Waals surface area contributed by atoms with Crippen LogP contribution in [0, 0.1) is 11.3 Å². The summed E-state index contributed by atoms with van der Waals surface area (Å²) in [6.45, 7) is 2.21. The van der Waals surface area contributed by atoms with E-state index in [-0.39, 0.29) is 11.8 Å². The van der Waals surface area contributed by atoms with Crippen molar-refractivity contribution in [1.29, 1.82) is 0 Å². The number of carbonyl (C=O) groups excluding carboxylic acids is 1. The third-order valence-electron chi connectivity index (χ3n) is 5.95. The number of nitrogens with zero attached hydrogens (tertiary/aromatic N) is 2. The Bertz CT molecular complexity index is 662. The average molecular weight is 348 g/mol. The summed E-state index contributed by atoms with van der Waals surface area (Å²) >= 11 is 1.63. The van der Waals surface area contributed by atoms with Crippen LogP contribution >= 0.6 is 11.3 Å². The minimum absolute atomic E-state index is 0.0331. The number of aliphatic carboxylic acids is 1. The molecule has 1 amide bonds. The van der Waals surface area contributed by atoms with E-state index in [1.807, 2.05) is 7.05 Å². The number of fused-ring (bicyclic) bond motifs is 2. The van der Waals surface area contributed by atoms with E-state index in [2.05, 4.69) is 11.0 Å². The van der Waals surface area contributed by atoms with Crippen LogP contribution in [0.25, 0.3) is 0 Å².